The molecule has 0 radical (unpaired) electrons. The number of aliphatic hydroxyl groups is 1. The molecule has 5 nitrogen and oxygen atoms in total. The molecule has 1 aliphatic carbocycles. The van der Waals surface area contributed by atoms with Gasteiger partial charge in [0.05, 0.1) is 30.5 Å². The summed E-state index contributed by atoms with van der Waals surface area (Å²) in [5.74, 6) is -0.685. The molecule has 0 saturated heterocycles. The summed E-state index contributed by atoms with van der Waals surface area (Å²) in [4.78, 5) is 11.6. The summed E-state index contributed by atoms with van der Waals surface area (Å²) in [6.07, 6.45) is 2.26. The summed E-state index contributed by atoms with van der Waals surface area (Å²) in [7, 11) is 2.88. The van der Waals surface area contributed by atoms with E-state index < -0.39 is 17.9 Å². The number of esters is 1. The fraction of sp³-hybridized carbons (Fsp3) is 0.750. The second-order valence-electron chi connectivity index (χ2n) is 4.83. The van der Waals surface area contributed by atoms with Crippen molar-refractivity contribution in [1.82, 2.24) is 0 Å². The van der Waals surface area contributed by atoms with E-state index in [0.717, 1.165) is 6.42 Å². The van der Waals surface area contributed by atoms with Crippen LogP contribution in [0.3, 0.4) is 0 Å². The van der Waals surface area contributed by atoms with E-state index in [1.165, 1.54) is 20.5 Å². The van der Waals surface area contributed by atoms with E-state index in [0.29, 0.717) is 12.0 Å². The van der Waals surface area contributed by atoms with Crippen LogP contribution in [-0.4, -0.2) is 37.2 Å². The molecule has 1 unspecified atom stereocenters. The molecule has 0 amide bonds. The lowest BCUT2D eigenvalue weighted by atomic mass is 9.81. The Morgan fingerprint density at radius 2 is 2.29 bits per heavy atom. The van der Waals surface area contributed by atoms with Gasteiger partial charge in [-0.05, 0) is 19.8 Å². The average Bonchev–Trinajstić information content (AvgIpc) is 2.64. The third-order valence-corrected chi connectivity index (χ3v) is 3.79. The zero-order valence-electron chi connectivity index (χ0n) is 10.3. The second-order valence-corrected chi connectivity index (χ2v) is 4.83. The molecule has 5 heteroatoms. The van der Waals surface area contributed by atoms with Gasteiger partial charge >= 0.3 is 5.97 Å². The number of carbonyl (C=O) groups is 1. The molecule has 0 bridgehead atoms. The van der Waals surface area contributed by atoms with E-state index >= 15 is 0 Å². The van der Waals surface area contributed by atoms with Crippen LogP contribution in [0.4, 0.5) is 0 Å². The Morgan fingerprint density at radius 3 is 2.88 bits per heavy atom. The van der Waals surface area contributed by atoms with E-state index in [9.17, 15) is 9.90 Å². The van der Waals surface area contributed by atoms with E-state index in [4.69, 9.17) is 14.2 Å². The third kappa shape index (κ3) is 1.93. The van der Waals surface area contributed by atoms with Crippen LogP contribution in [0.2, 0.25) is 0 Å². The summed E-state index contributed by atoms with van der Waals surface area (Å²) in [5, 5.41) is 10.3. The van der Waals surface area contributed by atoms with Crippen molar-refractivity contribution in [3.63, 3.8) is 0 Å². The first kappa shape index (κ1) is 12.4. The van der Waals surface area contributed by atoms with Crippen molar-refractivity contribution in [3.05, 3.63) is 11.8 Å². The fourth-order valence-corrected chi connectivity index (χ4v) is 2.89. The Hall–Kier alpha value is -1.07. The Bertz CT molecular complexity index is 347. The summed E-state index contributed by atoms with van der Waals surface area (Å²) < 4.78 is 15.3. The van der Waals surface area contributed by atoms with Crippen LogP contribution in [0.15, 0.2) is 11.8 Å². The molecule has 4 atom stereocenters. The van der Waals surface area contributed by atoms with Crippen LogP contribution < -0.4 is 0 Å². The zero-order valence-corrected chi connectivity index (χ0v) is 10.3. The van der Waals surface area contributed by atoms with Gasteiger partial charge in [-0.1, -0.05) is 0 Å². The highest BCUT2D eigenvalue weighted by molar-refractivity contribution is 5.89. The quantitative estimate of drug-likeness (QED) is 0.726. The first-order valence-electron chi connectivity index (χ1n) is 5.70. The average molecular weight is 242 g/mol. The fourth-order valence-electron chi connectivity index (χ4n) is 2.89. The van der Waals surface area contributed by atoms with Gasteiger partial charge in [0.25, 0.3) is 0 Å². The van der Waals surface area contributed by atoms with Gasteiger partial charge in [-0.15, -0.1) is 0 Å². The van der Waals surface area contributed by atoms with Gasteiger partial charge < -0.3 is 19.3 Å². The predicted octanol–water partition coefficient (Wildman–Crippen LogP) is 0.823. The van der Waals surface area contributed by atoms with Crippen LogP contribution in [0.25, 0.3) is 0 Å². The molecular weight excluding hydrogens is 224 g/mol. The minimum absolute atomic E-state index is 0.0591. The Morgan fingerprint density at radius 1 is 1.59 bits per heavy atom. The van der Waals surface area contributed by atoms with Crippen LogP contribution >= 0.6 is 0 Å². The minimum Gasteiger partial charge on any atom is -0.472 e. The van der Waals surface area contributed by atoms with Gasteiger partial charge in [0.15, 0.2) is 0 Å². The molecule has 1 fully saturated rings. The summed E-state index contributed by atoms with van der Waals surface area (Å²) >= 11 is 0. The van der Waals surface area contributed by atoms with Crippen LogP contribution in [0.5, 0.6) is 0 Å². The second kappa shape index (κ2) is 4.31. The van der Waals surface area contributed by atoms with E-state index in [2.05, 4.69) is 0 Å². The van der Waals surface area contributed by atoms with E-state index in [1.807, 2.05) is 0 Å². The number of fused-ring (bicyclic) bond motifs is 1. The lowest BCUT2D eigenvalue weighted by Crippen LogP contribution is -2.45. The van der Waals surface area contributed by atoms with Crippen molar-refractivity contribution in [1.29, 1.82) is 0 Å². The first-order valence-corrected chi connectivity index (χ1v) is 5.70. The molecule has 2 rings (SSSR count). The number of methoxy groups -OCH3 is 2. The van der Waals surface area contributed by atoms with Crippen molar-refractivity contribution in [2.75, 3.05) is 14.2 Å². The minimum atomic E-state index is -0.876. The molecule has 2 aliphatic rings. The molecule has 0 spiro atoms. The zero-order chi connectivity index (χ0) is 12.6. The van der Waals surface area contributed by atoms with E-state index in [1.54, 1.807) is 6.92 Å². The Labute approximate surface area is 100 Å². The molecule has 17 heavy (non-hydrogen) atoms. The van der Waals surface area contributed by atoms with Gasteiger partial charge in [0, 0.05) is 13.0 Å². The molecule has 1 saturated carbocycles. The van der Waals surface area contributed by atoms with E-state index in [-0.39, 0.29) is 11.8 Å². The van der Waals surface area contributed by atoms with Crippen molar-refractivity contribution < 1.29 is 24.1 Å². The molecule has 0 aromatic heterocycles. The maximum Gasteiger partial charge on any atom is 0.337 e. The van der Waals surface area contributed by atoms with Crippen LogP contribution in [0.1, 0.15) is 19.8 Å². The highest BCUT2D eigenvalue weighted by Crippen LogP contribution is 2.48. The number of hydrogen-bond acceptors (Lipinski definition) is 5. The largest absolute Gasteiger partial charge is 0.472 e. The highest BCUT2D eigenvalue weighted by atomic mass is 16.7. The summed E-state index contributed by atoms with van der Waals surface area (Å²) in [5.41, 5.74) is -0.387. The predicted molar refractivity (Wildman–Crippen MR) is 58.8 cm³/mol. The normalized spacial score (nSPS) is 40.2. The lowest BCUT2D eigenvalue weighted by molar-refractivity contribution is -0.180. The molecule has 0 aromatic carbocycles. The summed E-state index contributed by atoms with van der Waals surface area (Å²) in [6.45, 7) is 1.76. The van der Waals surface area contributed by atoms with Crippen molar-refractivity contribution in [2.24, 2.45) is 11.8 Å². The number of hydrogen-bond donors (Lipinski definition) is 1. The van der Waals surface area contributed by atoms with Gasteiger partial charge in [0.1, 0.15) is 0 Å². The maximum absolute atomic E-state index is 11.6. The number of ether oxygens (including phenoxy) is 3. The van der Waals surface area contributed by atoms with Gasteiger partial charge in [-0.3, -0.25) is 0 Å². The monoisotopic (exact) mass is 242 g/mol. The third-order valence-electron chi connectivity index (χ3n) is 3.79. The maximum atomic E-state index is 11.6. The van der Waals surface area contributed by atoms with Crippen molar-refractivity contribution in [2.45, 2.75) is 31.7 Å². The molecule has 1 aliphatic heterocycles. The number of rotatable bonds is 2. The molecule has 1 heterocycles. The van der Waals surface area contributed by atoms with Gasteiger partial charge in [-0.2, -0.15) is 0 Å². The number of carbonyl (C=O) groups excluding carboxylic acids is 1. The van der Waals surface area contributed by atoms with Crippen LogP contribution in [0, 0.1) is 11.8 Å². The van der Waals surface area contributed by atoms with Gasteiger partial charge in [0.2, 0.25) is 6.29 Å². The van der Waals surface area contributed by atoms with Crippen molar-refractivity contribution >= 4 is 5.97 Å². The Kier molecular flexibility index (Phi) is 3.14. The molecule has 96 valence electrons. The standard InChI is InChI=1S/C12H18O5/c1-12(14)5-4-7-8(10(13)15-2)6-17-11(16-3)9(7)12/h6-7,9,11,14H,4-5H2,1-3H3/t7-,9-,11?,12+/m1/s1. The molecular formula is C12H18O5. The first-order chi connectivity index (χ1) is 8.01. The van der Waals surface area contributed by atoms with Crippen molar-refractivity contribution in [3.8, 4) is 0 Å². The SMILES string of the molecule is COC(=O)C1=COC(OC)[C@H]2[C@@H]1CC[C@]2(C)O. The lowest BCUT2D eigenvalue weighted by Gasteiger charge is -2.37. The molecule has 0 aromatic rings. The Balaban J connectivity index is 2.31. The van der Waals surface area contributed by atoms with Crippen LogP contribution in [-0.2, 0) is 19.0 Å². The topological polar surface area (TPSA) is 65.0 Å². The summed E-state index contributed by atoms with van der Waals surface area (Å²) in [6, 6.07) is 0. The van der Waals surface area contributed by atoms with Gasteiger partial charge in [-0.25, -0.2) is 4.79 Å². The smallest absolute Gasteiger partial charge is 0.337 e. The highest BCUT2D eigenvalue weighted by Gasteiger charge is 2.53. The molecule has 1 N–H and O–H groups in total.